The Labute approximate surface area is 199 Å². The van der Waals surface area contributed by atoms with Crippen LogP contribution in [0.15, 0.2) is 30.3 Å². The van der Waals surface area contributed by atoms with Gasteiger partial charge in [0.25, 0.3) is 0 Å². The summed E-state index contributed by atoms with van der Waals surface area (Å²) in [6.45, 7) is 14.5. The van der Waals surface area contributed by atoms with Crippen LogP contribution in [0, 0.1) is 11.8 Å². The van der Waals surface area contributed by atoms with Gasteiger partial charge in [-0.25, -0.2) is 0 Å². The summed E-state index contributed by atoms with van der Waals surface area (Å²) in [5, 5.41) is 0. The standard InChI is InChI=1S/C17H25O.3C4H9.Sn/c1-13-10-11-15(16(12-13)18-4)17(2,3)14-8-6-5-7-9-14;3*1-3-4-2;/h5-9,13,15-16H,4,10-12H2,1-3H3;3*1,3-4H2,2H3;/t13-,15-,16-;;;;/m1..../s1. The fraction of sp³-hybridized carbons (Fsp3) is 0.793. The molecule has 0 aromatic heterocycles. The van der Waals surface area contributed by atoms with E-state index in [1.54, 1.807) is 13.3 Å². The van der Waals surface area contributed by atoms with Crippen LogP contribution in [-0.2, 0) is 10.2 Å². The van der Waals surface area contributed by atoms with Gasteiger partial charge in [0.1, 0.15) is 0 Å². The minimum absolute atomic E-state index is 0.181. The molecule has 2 heteroatoms. The Hall–Kier alpha value is -0.0213. The van der Waals surface area contributed by atoms with Gasteiger partial charge in [-0.3, -0.25) is 0 Å². The Bertz CT molecular complexity index is 574. The summed E-state index contributed by atoms with van der Waals surface area (Å²) in [5.74, 6) is 1.44. The van der Waals surface area contributed by atoms with E-state index in [4.69, 9.17) is 4.74 Å². The number of hydrogen-bond acceptors (Lipinski definition) is 1. The third-order valence-electron chi connectivity index (χ3n) is 8.28. The molecule has 178 valence electrons. The zero-order valence-electron chi connectivity index (χ0n) is 21.7. The van der Waals surface area contributed by atoms with Crippen molar-refractivity contribution in [3.8, 4) is 0 Å². The van der Waals surface area contributed by atoms with E-state index in [-0.39, 0.29) is 5.41 Å². The molecule has 0 saturated heterocycles. The van der Waals surface area contributed by atoms with Crippen LogP contribution in [0.1, 0.15) is 105 Å². The van der Waals surface area contributed by atoms with E-state index in [2.05, 4.69) is 71.9 Å². The van der Waals surface area contributed by atoms with E-state index in [1.165, 1.54) is 68.0 Å². The summed E-state index contributed by atoms with van der Waals surface area (Å²) in [7, 11) is 0. The van der Waals surface area contributed by atoms with Crippen LogP contribution >= 0.6 is 0 Å². The van der Waals surface area contributed by atoms with Crippen molar-refractivity contribution in [2.45, 2.75) is 124 Å². The molecule has 0 spiro atoms. The molecule has 1 nitrogen and oxygen atoms in total. The molecule has 1 saturated carbocycles. The summed E-state index contributed by atoms with van der Waals surface area (Å²) in [6, 6.07) is 11.2. The SMILES string of the molecule is CCC[CH2][Sn]([CH2]CCC)([CH2]CCC)[CH2]O[C@@H]1C[C@H](C)CC[C@H]1C(C)(C)c1ccccc1. The van der Waals surface area contributed by atoms with E-state index in [0.717, 1.165) is 5.92 Å². The maximum absolute atomic E-state index is 7.12. The zero-order chi connectivity index (χ0) is 22.7. The molecule has 1 aliphatic rings. The van der Waals surface area contributed by atoms with Gasteiger partial charge in [0.05, 0.1) is 0 Å². The van der Waals surface area contributed by atoms with Crippen molar-refractivity contribution in [3.05, 3.63) is 35.9 Å². The van der Waals surface area contributed by atoms with Gasteiger partial charge >= 0.3 is 200 Å². The average Bonchev–Trinajstić information content (AvgIpc) is 2.78. The first-order valence-corrected chi connectivity index (χ1v) is 21.6. The van der Waals surface area contributed by atoms with Gasteiger partial charge in [0.15, 0.2) is 0 Å². The topological polar surface area (TPSA) is 9.23 Å². The van der Waals surface area contributed by atoms with Gasteiger partial charge in [0, 0.05) is 0 Å². The first kappa shape index (κ1) is 27.2. The van der Waals surface area contributed by atoms with Crippen LogP contribution in [0.4, 0.5) is 0 Å². The molecule has 0 radical (unpaired) electrons. The fourth-order valence-corrected chi connectivity index (χ4v) is 20.4. The molecule has 2 rings (SSSR count). The third-order valence-corrected chi connectivity index (χ3v) is 22.6. The van der Waals surface area contributed by atoms with Crippen molar-refractivity contribution in [2.75, 3.05) is 4.62 Å². The molecule has 0 amide bonds. The summed E-state index contributed by atoms with van der Waals surface area (Å²) in [4.78, 5) is 0. The van der Waals surface area contributed by atoms with Crippen molar-refractivity contribution in [1.29, 1.82) is 0 Å². The monoisotopic (exact) mass is 536 g/mol. The predicted molar refractivity (Wildman–Crippen MR) is 141 cm³/mol. The van der Waals surface area contributed by atoms with Gasteiger partial charge in [-0.1, -0.05) is 0 Å². The Morgan fingerprint density at radius 2 is 1.42 bits per heavy atom. The number of rotatable bonds is 14. The van der Waals surface area contributed by atoms with E-state index in [9.17, 15) is 0 Å². The maximum atomic E-state index is 7.12. The average molecular weight is 535 g/mol. The van der Waals surface area contributed by atoms with Crippen molar-refractivity contribution >= 4 is 18.4 Å². The molecular formula is C29H52OSn. The van der Waals surface area contributed by atoms with Crippen molar-refractivity contribution < 1.29 is 4.74 Å². The van der Waals surface area contributed by atoms with Gasteiger partial charge in [-0.2, -0.15) is 0 Å². The molecule has 1 aliphatic carbocycles. The van der Waals surface area contributed by atoms with Gasteiger partial charge in [-0.05, 0) is 0 Å². The first-order chi connectivity index (χ1) is 14.9. The molecule has 0 heterocycles. The van der Waals surface area contributed by atoms with E-state index in [1.807, 2.05) is 0 Å². The predicted octanol–water partition coefficient (Wildman–Crippen LogP) is 9.17. The summed E-state index contributed by atoms with van der Waals surface area (Å²) >= 11 is -2.25. The van der Waals surface area contributed by atoms with Crippen LogP contribution in [0.2, 0.25) is 13.3 Å². The molecule has 0 N–H and O–H groups in total. The number of hydrogen-bond donors (Lipinski definition) is 0. The van der Waals surface area contributed by atoms with Crippen molar-refractivity contribution in [1.82, 2.24) is 0 Å². The number of benzene rings is 1. The molecular weight excluding hydrogens is 483 g/mol. The Morgan fingerprint density at radius 3 is 1.94 bits per heavy atom. The van der Waals surface area contributed by atoms with Crippen molar-refractivity contribution in [2.24, 2.45) is 11.8 Å². The second kappa shape index (κ2) is 13.6. The molecule has 1 aromatic rings. The number of unbranched alkanes of at least 4 members (excludes halogenated alkanes) is 3. The number of ether oxygens (including phenoxy) is 1. The molecule has 1 aromatic carbocycles. The summed E-state index contributed by atoms with van der Waals surface area (Å²) < 4.78 is 13.0. The Morgan fingerprint density at radius 1 is 0.871 bits per heavy atom. The van der Waals surface area contributed by atoms with Gasteiger partial charge in [-0.15, -0.1) is 0 Å². The normalized spacial score (nSPS) is 22.6. The molecule has 3 atom stereocenters. The van der Waals surface area contributed by atoms with Gasteiger partial charge < -0.3 is 0 Å². The molecule has 0 bridgehead atoms. The quantitative estimate of drug-likeness (QED) is 0.216. The van der Waals surface area contributed by atoms with Crippen LogP contribution in [0.5, 0.6) is 0 Å². The third kappa shape index (κ3) is 8.05. The van der Waals surface area contributed by atoms with E-state index >= 15 is 0 Å². The Balaban J connectivity index is 2.20. The van der Waals surface area contributed by atoms with Crippen LogP contribution in [0.3, 0.4) is 0 Å². The second-order valence-electron chi connectivity index (χ2n) is 11.3. The summed E-state index contributed by atoms with van der Waals surface area (Å²) in [5.41, 5.74) is 1.67. The molecule has 31 heavy (non-hydrogen) atoms. The van der Waals surface area contributed by atoms with Gasteiger partial charge in [0.2, 0.25) is 0 Å². The van der Waals surface area contributed by atoms with Crippen LogP contribution in [-0.4, -0.2) is 29.1 Å². The zero-order valence-corrected chi connectivity index (χ0v) is 24.6. The summed E-state index contributed by atoms with van der Waals surface area (Å²) in [6.07, 6.45) is 12.7. The fourth-order valence-electron chi connectivity index (χ4n) is 5.95. The molecule has 1 fully saturated rings. The van der Waals surface area contributed by atoms with Crippen molar-refractivity contribution in [3.63, 3.8) is 0 Å². The Kier molecular flexibility index (Phi) is 12.0. The molecule has 0 aliphatic heterocycles. The first-order valence-electron chi connectivity index (χ1n) is 13.6. The van der Waals surface area contributed by atoms with Crippen LogP contribution < -0.4 is 0 Å². The van der Waals surface area contributed by atoms with E-state index in [0.29, 0.717) is 12.0 Å². The van der Waals surface area contributed by atoms with E-state index < -0.39 is 18.4 Å². The van der Waals surface area contributed by atoms with Crippen LogP contribution in [0.25, 0.3) is 0 Å². The minimum atomic E-state index is -2.25. The second-order valence-corrected chi connectivity index (χ2v) is 24.9. The molecule has 0 unspecified atom stereocenters.